The first-order valence-corrected chi connectivity index (χ1v) is 3.65. The third kappa shape index (κ3) is 3.23. The number of carbonyl (C=O) groups is 1. The molecule has 0 heterocycles. The SMILES string of the molecule is [CH2]CCC(I)C(N)=O. The zero-order valence-corrected chi connectivity index (χ0v) is 6.72. The van der Waals surface area contributed by atoms with Gasteiger partial charge < -0.3 is 5.73 Å². The summed E-state index contributed by atoms with van der Waals surface area (Å²) < 4.78 is -0.0369. The normalized spacial score (nSPS) is 13.2. The van der Waals surface area contributed by atoms with Crippen LogP contribution >= 0.6 is 22.6 Å². The highest BCUT2D eigenvalue weighted by Crippen LogP contribution is 2.06. The van der Waals surface area contributed by atoms with Crippen LogP contribution in [0.3, 0.4) is 0 Å². The zero-order valence-electron chi connectivity index (χ0n) is 4.56. The second-order valence-corrected chi connectivity index (χ2v) is 3.02. The summed E-state index contributed by atoms with van der Waals surface area (Å²) in [6.07, 6.45) is 1.56. The molecule has 0 aromatic rings. The van der Waals surface area contributed by atoms with Crippen molar-refractivity contribution >= 4 is 28.5 Å². The summed E-state index contributed by atoms with van der Waals surface area (Å²) in [6, 6.07) is 0. The number of primary amides is 1. The zero-order chi connectivity index (χ0) is 6.57. The third-order valence-corrected chi connectivity index (χ3v) is 2.00. The molecule has 0 aliphatic carbocycles. The van der Waals surface area contributed by atoms with Crippen molar-refractivity contribution in [2.24, 2.45) is 5.73 Å². The second-order valence-electron chi connectivity index (χ2n) is 1.51. The number of hydrogen-bond donors (Lipinski definition) is 1. The summed E-state index contributed by atoms with van der Waals surface area (Å²) in [4.78, 5) is 10.3. The standard InChI is InChI=1S/C5H9INO/c1-2-3-4(6)5(7)8/h4H,1-3H2,(H2,7,8). The monoisotopic (exact) mass is 226 g/mol. The summed E-state index contributed by atoms with van der Waals surface area (Å²) >= 11 is 2.02. The summed E-state index contributed by atoms with van der Waals surface area (Å²) in [5, 5.41) is 0. The molecular weight excluding hydrogens is 217 g/mol. The van der Waals surface area contributed by atoms with E-state index in [-0.39, 0.29) is 9.83 Å². The number of halogens is 1. The van der Waals surface area contributed by atoms with Crippen molar-refractivity contribution in [1.82, 2.24) is 0 Å². The minimum atomic E-state index is -0.241. The fourth-order valence-corrected chi connectivity index (χ4v) is 0.762. The molecule has 2 N–H and O–H groups in total. The number of nitrogens with two attached hydrogens (primary N) is 1. The van der Waals surface area contributed by atoms with Crippen molar-refractivity contribution in [1.29, 1.82) is 0 Å². The highest BCUT2D eigenvalue weighted by Gasteiger charge is 2.06. The van der Waals surface area contributed by atoms with Crippen LogP contribution in [0.5, 0.6) is 0 Å². The number of hydrogen-bond acceptors (Lipinski definition) is 1. The highest BCUT2D eigenvalue weighted by atomic mass is 127. The molecule has 1 amide bonds. The van der Waals surface area contributed by atoms with E-state index in [1.807, 2.05) is 22.6 Å². The van der Waals surface area contributed by atoms with Gasteiger partial charge in [-0.1, -0.05) is 35.9 Å². The second kappa shape index (κ2) is 4.12. The number of alkyl halides is 1. The molecule has 0 saturated heterocycles. The van der Waals surface area contributed by atoms with Crippen molar-refractivity contribution in [2.45, 2.75) is 16.8 Å². The molecule has 1 atom stereocenters. The lowest BCUT2D eigenvalue weighted by atomic mass is 10.2. The van der Waals surface area contributed by atoms with E-state index >= 15 is 0 Å². The lowest BCUT2D eigenvalue weighted by Crippen LogP contribution is -2.22. The number of rotatable bonds is 3. The van der Waals surface area contributed by atoms with Crippen molar-refractivity contribution < 1.29 is 4.79 Å². The van der Waals surface area contributed by atoms with E-state index in [0.29, 0.717) is 0 Å². The quantitative estimate of drug-likeness (QED) is 0.563. The van der Waals surface area contributed by atoms with E-state index < -0.39 is 0 Å². The molecule has 0 bridgehead atoms. The molecule has 1 radical (unpaired) electrons. The van der Waals surface area contributed by atoms with E-state index in [0.717, 1.165) is 12.8 Å². The van der Waals surface area contributed by atoms with Crippen molar-refractivity contribution in [3.8, 4) is 0 Å². The smallest absolute Gasteiger partial charge is 0.230 e. The van der Waals surface area contributed by atoms with Crippen molar-refractivity contribution in [3.05, 3.63) is 6.92 Å². The summed E-state index contributed by atoms with van der Waals surface area (Å²) in [5.74, 6) is -0.241. The van der Waals surface area contributed by atoms with Crippen LogP contribution in [0, 0.1) is 6.92 Å². The first kappa shape index (κ1) is 8.20. The van der Waals surface area contributed by atoms with Gasteiger partial charge in [-0.2, -0.15) is 0 Å². The molecule has 47 valence electrons. The van der Waals surface area contributed by atoms with Crippen LogP contribution in [0.15, 0.2) is 0 Å². The van der Waals surface area contributed by atoms with Gasteiger partial charge >= 0.3 is 0 Å². The van der Waals surface area contributed by atoms with E-state index in [1.54, 1.807) is 0 Å². The predicted octanol–water partition coefficient (Wildman–Crippen LogP) is 0.890. The maximum Gasteiger partial charge on any atom is 0.230 e. The Kier molecular flexibility index (Phi) is 4.22. The van der Waals surface area contributed by atoms with E-state index in [4.69, 9.17) is 5.73 Å². The molecule has 0 saturated carbocycles. The Morgan fingerprint density at radius 3 is 2.50 bits per heavy atom. The van der Waals surface area contributed by atoms with Gasteiger partial charge in [-0.15, -0.1) is 0 Å². The average Bonchev–Trinajstić information content (AvgIpc) is 1.67. The molecule has 0 rings (SSSR count). The number of amides is 1. The van der Waals surface area contributed by atoms with Gasteiger partial charge in [0.15, 0.2) is 0 Å². The van der Waals surface area contributed by atoms with E-state index in [9.17, 15) is 4.79 Å². The van der Waals surface area contributed by atoms with Gasteiger partial charge in [0, 0.05) is 0 Å². The van der Waals surface area contributed by atoms with Gasteiger partial charge in [0.2, 0.25) is 5.91 Å². The number of carbonyl (C=O) groups excluding carboxylic acids is 1. The van der Waals surface area contributed by atoms with Gasteiger partial charge in [0.25, 0.3) is 0 Å². The van der Waals surface area contributed by atoms with Crippen LogP contribution in [0.4, 0.5) is 0 Å². The Labute approximate surface area is 63.0 Å². The van der Waals surface area contributed by atoms with Crippen LogP contribution in [-0.4, -0.2) is 9.83 Å². The van der Waals surface area contributed by atoms with Crippen molar-refractivity contribution in [3.63, 3.8) is 0 Å². The largest absolute Gasteiger partial charge is 0.369 e. The van der Waals surface area contributed by atoms with E-state index in [2.05, 4.69) is 6.92 Å². The first-order chi connectivity index (χ1) is 3.68. The lowest BCUT2D eigenvalue weighted by Gasteiger charge is -1.99. The van der Waals surface area contributed by atoms with Crippen LogP contribution in [0.1, 0.15) is 12.8 Å². The summed E-state index contributed by atoms with van der Waals surface area (Å²) in [5.41, 5.74) is 4.95. The minimum Gasteiger partial charge on any atom is -0.369 e. The molecule has 0 aliphatic rings. The van der Waals surface area contributed by atoms with Crippen LogP contribution in [0.25, 0.3) is 0 Å². The Morgan fingerprint density at radius 2 is 2.38 bits per heavy atom. The molecule has 0 aliphatic heterocycles. The van der Waals surface area contributed by atoms with Gasteiger partial charge in [-0.25, -0.2) is 0 Å². The van der Waals surface area contributed by atoms with Crippen LogP contribution in [0.2, 0.25) is 0 Å². The minimum absolute atomic E-state index is 0.0369. The molecule has 0 fully saturated rings. The van der Waals surface area contributed by atoms with E-state index in [1.165, 1.54) is 0 Å². The summed E-state index contributed by atoms with van der Waals surface area (Å²) in [7, 11) is 0. The fraction of sp³-hybridized carbons (Fsp3) is 0.600. The van der Waals surface area contributed by atoms with Crippen LogP contribution in [-0.2, 0) is 4.79 Å². The molecule has 0 aromatic heterocycles. The van der Waals surface area contributed by atoms with Crippen LogP contribution < -0.4 is 5.73 Å². The topological polar surface area (TPSA) is 43.1 Å². The fourth-order valence-electron chi connectivity index (χ4n) is 0.321. The Bertz CT molecular complexity index is 84.5. The Morgan fingerprint density at radius 1 is 1.88 bits per heavy atom. The molecule has 8 heavy (non-hydrogen) atoms. The van der Waals surface area contributed by atoms with Crippen molar-refractivity contribution in [2.75, 3.05) is 0 Å². The molecule has 2 nitrogen and oxygen atoms in total. The Hall–Kier alpha value is 0.200. The average molecular weight is 226 g/mol. The predicted molar refractivity (Wildman–Crippen MR) is 41.6 cm³/mol. The maximum atomic E-state index is 10.3. The van der Waals surface area contributed by atoms with Gasteiger partial charge in [0.05, 0.1) is 3.92 Å². The lowest BCUT2D eigenvalue weighted by molar-refractivity contribution is -0.117. The molecule has 1 unspecified atom stereocenters. The maximum absolute atomic E-state index is 10.3. The third-order valence-electron chi connectivity index (χ3n) is 0.766. The van der Waals surface area contributed by atoms with Gasteiger partial charge in [-0.05, 0) is 6.42 Å². The molecular formula is C5H9INO. The molecule has 0 spiro atoms. The molecule has 3 heteroatoms. The first-order valence-electron chi connectivity index (χ1n) is 2.41. The summed E-state index contributed by atoms with van der Waals surface area (Å²) in [6.45, 7) is 3.60. The Balaban J connectivity index is 3.32. The highest BCUT2D eigenvalue weighted by molar-refractivity contribution is 14.1. The molecule has 0 aromatic carbocycles. The van der Waals surface area contributed by atoms with Gasteiger partial charge in [0.1, 0.15) is 0 Å². The van der Waals surface area contributed by atoms with Gasteiger partial charge in [-0.3, -0.25) is 4.79 Å².